The Balaban J connectivity index is 1.67. The van der Waals surface area contributed by atoms with E-state index in [0.29, 0.717) is 6.04 Å². The number of aromatic nitrogens is 2. The summed E-state index contributed by atoms with van der Waals surface area (Å²) in [6.45, 7) is 6.72. The van der Waals surface area contributed by atoms with Crippen LogP contribution in [0.25, 0.3) is 0 Å². The summed E-state index contributed by atoms with van der Waals surface area (Å²) in [5, 5.41) is 8.20. The molecule has 0 unspecified atom stereocenters. The van der Waals surface area contributed by atoms with Gasteiger partial charge < -0.3 is 5.32 Å². The normalized spacial score (nSPS) is 16.8. The van der Waals surface area contributed by atoms with E-state index in [-0.39, 0.29) is 0 Å². The molecule has 0 amide bonds. The Morgan fingerprint density at radius 1 is 1.39 bits per heavy atom. The maximum Gasteiger partial charge on any atom is 0.0625 e. The van der Waals surface area contributed by atoms with Gasteiger partial charge in [0.05, 0.1) is 11.7 Å². The predicted molar refractivity (Wildman–Crippen MR) is 75.8 cm³/mol. The third-order valence-electron chi connectivity index (χ3n) is 3.70. The second-order valence-electron chi connectivity index (χ2n) is 5.93. The smallest absolute Gasteiger partial charge is 0.0625 e. The van der Waals surface area contributed by atoms with Crippen LogP contribution in [0, 0.1) is 5.92 Å². The summed E-state index contributed by atoms with van der Waals surface area (Å²) in [6, 6.07) is 2.87. The van der Waals surface area contributed by atoms with Crippen molar-refractivity contribution >= 4 is 0 Å². The second-order valence-corrected chi connectivity index (χ2v) is 5.93. The van der Waals surface area contributed by atoms with E-state index in [1.54, 1.807) is 0 Å². The third-order valence-corrected chi connectivity index (χ3v) is 3.70. The number of aryl methyl sites for hydroxylation is 1. The summed E-state index contributed by atoms with van der Waals surface area (Å²) in [4.78, 5) is 0. The van der Waals surface area contributed by atoms with Gasteiger partial charge in [-0.05, 0) is 50.8 Å². The van der Waals surface area contributed by atoms with Crippen LogP contribution in [-0.2, 0) is 6.42 Å². The average Bonchev–Trinajstić information content (AvgIpc) is 2.98. The molecule has 2 rings (SSSR count). The van der Waals surface area contributed by atoms with Crippen LogP contribution in [0.3, 0.4) is 0 Å². The van der Waals surface area contributed by atoms with Crippen molar-refractivity contribution in [3.05, 3.63) is 18.0 Å². The zero-order chi connectivity index (χ0) is 12.8. The highest BCUT2D eigenvalue weighted by Gasteiger charge is 2.17. The molecule has 1 N–H and O–H groups in total. The van der Waals surface area contributed by atoms with Gasteiger partial charge in [0.15, 0.2) is 0 Å². The van der Waals surface area contributed by atoms with Crippen LogP contribution in [-0.4, -0.2) is 22.9 Å². The predicted octanol–water partition coefficient (Wildman–Crippen LogP) is 3.18. The molecule has 1 fully saturated rings. The van der Waals surface area contributed by atoms with E-state index in [1.807, 2.05) is 0 Å². The van der Waals surface area contributed by atoms with Crippen LogP contribution in [0.15, 0.2) is 12.3 Å². The summed E-state index contributed by atoms with van der Waals surface area (Å²) in [5.74, 6) is 0.742. The van der Waals surface area contributed by atoms with Crippen molar-refractivity contribution in [2.45, 2.75) is 58.4 Å². The minimum atomic E-state index is 0.679. The lowest BCUT2D eigenvalue weighted by molar-refractivity contribution is 0.461. The van der Waals surface area contributed by atoms with Crippen LogP contribution in [0.4, 0.5) is 0 Å². The Kier molecular flexibility index (Phi) is 5.24. The number of nitrogens with one attached hydrogen (secondary N) is 1. The molecule has 0 radical (unpaired) electrons. The summed E-state index contributed by atoms with van der Waals surface area (Å²) in [5.41, 5.74) is 1.26. The van der Waals surface area contributed by atoms with E-state index in [9.17, 15) is 0 Å². The molecule has 1 saturated carbocycles. The number of nitrogens with zero attached hydrogens (tertiary/aromatic N) is 2. The molecule has 1 aromatic heterocycles. The molecular weight excluding hydrogens is 222 g/mol. The fourth-order valence-electron chi connectivity index (χ4n) is 2.67. The summed E-state index contributed by atoms with van der Waals surface area (Å²) >= 11 is 0. The van der Waals surface area contributed by atoms with Gasteiger partial charge >= 0.3 is 0 Å². The molecule has 1 aliphatic rings. The topological polar surface area (TPSA) is 29.9 Å². The summed E-state index contributed by atoms with van der Waals surface area (Å²) in [7, 11) is 0. The second kappa shape index (κ2) is 6.93. The first-order valence-electron chi connectivity index (χ1n) is 7.50. The van der Waals surface area contributed by atoms with Crippen molar-refractivity contribution in [3.63, 3.8) is 0 Å². The Bertz CT molecular complexity index is 337. The Morgan fingerprint density at radius 2 is 2.17 bits per heavy atom. The molecule has 0 spiro atoms. The molecule has 0 saturated heterocycles. The summed E-state index contributed by atoms with van der Waals surface area (Å²) in [6.07, 6.45) is 9.85. The number of rotatable bonds is 7. The van der Waals surface area contributed by atoms with E-state index < -0.39 is 0 Å². The van der Waals surface area contributed by atoms with Crippen molar-refractivity contribution in [1.29, 1.82) is 0 Å². The average molecular weight is 249 g/mol. The van der Waals surface area contributed by atoms with Gasteiger partial charge in [-0.3, -0.25) is 4.68 Å². The molecule has 1 aliphatic carbocycles. The van der Waals surface area contributed by atoms with Gasteiger partial charge in [-0.1, -0.05) is 26.7 Å². The first-order valence-corrected chi connectivity index (χ1v) is 7.50. The monoisotopic (exact) mass is 249 g/mol. The molecule has 0 bridgehead atoms. The Hall–Kier alpha value is -0.830. The molecule has 0 aromatic carbocycles. The fraction of sp³-hybridized carbons (Fsp3) is 0.800. The van der Waals surface area contributed by atoms with Gasteiger partial charge in [0, 0.05) is 6.20 Å². The highest BCUT2D eigenvalue weighted by molar-refractivity contribution is 5.00. The number of hydrogen-bond donors (Lipinski definition) is 1. The van der Waals surface area contributed by atoms with Gasteiger partial charge in [-0.2, -0.15) is 5.10 Å². The first kappa shape index (κ1) is 13.6. The van der Waals surface area contributed by atoms with Gasteiger partial charge in [0.1, 0.15) is 0 Å². The van der Waals surface area contributed by atoms with Crippen LogP contribution in [0.1, 0.15) is 57.7 Å². The first-order chi connectivity index (χ1) is 8.75. The molecule has 1 heterocycles. The molecule has 0 aliphatic heterocycles. The Labute approximate surface area is 111 Å². The zero-order valence-electron chi connectivity index (χ0n) is 11.9. The highest BCUT2D eigenvalue weighted by Crippen LogP contribution is 2.28. The van der Waals surface area contributed by atoms with E-state index in [2.05, 4.69) is 36.1 Å². The van der Waals surface area contributed by atoms with Crippen LogP contribution >= 0.6 is 0 Å². The van der Waals surface area contributed by atoms with Crippen molar-refractivity contribution < 1.29 is 0 Å². The number of hydrogen-bond acceptors (Lipinski definition) is 2. The zero-order valence-corrected chi connectivity index (χ0v) is 11.9. The van der Waals surface area contributed by atoms with Crippen LogP contribution < -0.4 is 5.32 Å². The fourth-order valence-corrected chi connectivity index (χ4v) is 2.67. The SMILES string of the molecule is CC(C)CNCCCc1ccn(C2CCCC2)n1. The van der Waals surface area contributed by atoms with Crippen molar-refractivity contribution in [2.24, 2.45) is 5.92 Å². The lowest BCUT2D eigenvalue weighted by atomic mass is 10.2. The van der Waals surface area contributed by atoms with Gasteiger partial charge in [-0.15, -0.1) is 0 Å². The highest BCUT2D eigenvalue weighted by atomic mass is 15.3. The quantitative estimate of drug-likeness (QED) is 0.752. The van der Waals surface area contributed by atoms with Gasteiger partial charge in [0.2, 0.25) is 0 Å². The van der Waals surface area contributed by atoms with Crippen molar-refractivity contribution in [2.75, 3.05) is 13.1 Å². The molecule has 3 heteroatoms. The lowest BCUT2D eigenvalue weighted by Gasteiger charge is -2.09. The molecular formula is C15H27N3. The minimum Gasteiger partial charge on any atom is -0.316 e. The molecule has 1 aromatic rings. The Morgan fingerprint density at radius 3 is 2.89 bits per heavy atom. The van der Waals surface area contributed by atoms with E-state index in [1.165, 1.54) is 37.8 Å². The largest absolute Gasteiger partial charge is 0.316 e. The van der Waals surface area contributed by atoms with Crippen LogP contribution in [0.5, 0.6) is 0 Å². The van der Waals surface area contributed by atoms with Crippen molar-refractivity contribution in [3.8, 4) is 0 Å². The molecule has 102 valence electrons. The van der Waals surface area contributed by atoms with Crippen molar-refractivity contribution in [1.82, 2.24) is 15.1 Å². The lowest BCUT2D eigenvalue weighted by Crippen LogP contribution is -2.21. The third kappa shape index (κ3) is 4.13. The van der Waals surface area contributed by atoms with Crippen LogP contribution in [0.2, 0.25) is 0 Å². The van der Waals surface area contributed by atoms with Gasteiger partial charge in [-0.25, -0.2) is 0 Å². The minimum absolute atomic E-state index is 0.679. The van der Waals surface area contributed by atoms with Gasteiger partial charge in [0.25, 0.3) is 0 Å². The summed E-state index contributed by atoms with van der Waals surface area (Å²) < 4.78 is 2.20. The maximum absolute atomic E-state index is 4.71. The molecule has 3 nitrogen and oxygen atoms in total. The van der Waals surface area contributed by atoms with E-state index >= 15 is 0 Å². The standard InChI is InChI=1S/C15H27N3/c1-13(2)12-16-10-5-6-14-9-11-18(17-14)15-7-3-4-8-15/h9,11,13,15-16H,3-8,10,12H2,1-2H3. The van der Waals surface area contributed by atoms with E-state index in [4.69, 9.17) is 5.10 Å². The van der Waals surface area contributed by atoms with E-state index in [0.717, 1.165) is 25.4 Å². The molecule has 18 heavy (non-hydrogen) atoms. The molecule has 0 atom stereocenters. The maximum atomic E-state index is 4.71.